The molecule has 3 heterocycles. The zero-order valence-electron chi connectivity index (χ0n) is 12.2. The van der Waals surface area contributed by atoms with Crippen LogP contribution in [0.3, 0.4) is 0 Å². The number of hydrogen-bond donors (Lipinski definition) is 3. The van der Waals surface area contributed by atoms with E-state index in [4.69, 9.17) is 0 Å². The standard InChI is InChI=1S/C14H17N3O2S2.2ClH/c18-11-7-15-5-9(11)6-16-13(19)4-10-8-21-14(17-10)12-2-1-3-20-12;;/h1-3,8-9,11,15,18H,4-7H2,(H,16,19);2*1H. The minimum atomic E-state index is -0.366. The SMILES string of the molecule is Cl.Cl.O=C(Cc1csc(-c2cccs2)n1)NCC1CNCC1O. The van der Waals surface area contributed by atoms with Gasteiger partial charge in [-0.1, -0.05) is 6.07 Å². The average Bonchev–Trinajstić information content (AvgIpc) is 3.17. The summed E-state index contributed by atoms with van der Waals surface area (Å²) in [5.74, 6) is 0.0585. The lowest BCUT2D eigenvalue weighted by atomic mass is 10.1. The highest BCUT2D eigenvalue weighted by molar-refractivity contribution is 7.20. The number of carbonyl (C=O) groups excluding carboxylic acids is 1. The molecule has 5 nitrogen and oxygen atoms in total. The molecule has 3 N–H and O–H groups in total. The Balaban J connectivity index is 0.00000132. The molecule has 2 aromatic heterocycles. The first-order chi connectivity index (χ1) is 10.2. The van der Waals surface area contributed by atoms with Crippen LogP contribution in [0.5, 0.6) is 0 Å². The van der Waals surface area contributed by atoms with Crippen LogP contribution in [0.15, 0.2) is 22.9 Å². The molecule has 0 aliphatic carbocycles. The number of amides is 1. The molecule has 2 aromatic rings. The number of aromatic nitrogens is 1. The third kappa shape index (κ3) is 5.41. The lowest BCUT2D eigenvalue weighted by Gasteiger charge is -2.13. The van der Waals surface area contributed by atoms with Crippen LogP contribution >= 0.6 is 47.5 Å². The lowest BCUT2D eigenvalue weighted by molar-refractivity contribution is -0.120. The van der Waals surface area contributed by atoms with Crippen molar-refractivity contribution in [2.75, 3.05) is 19.6 Å². The Morgan fingerprint density at radius 2 is 2.22 bits per heavy atom. The number of rotatable bonds is 5. The number of β-amino-alcohol motifs (C(OH)–C–C–N with tert-alkyl or cyclic N) is 1. The van der Waals surface area contributed by atoms with E-state index in [2.05, 4.69) is 15.6 Å². The van der Waals surface area contributed by atoms with Gasteiger partial charge in [0.2, 0.25) is 5.91 Å². The van der Waals surface area contributed by atoms with Crippen molar-refractivity contribution in [2.45, 2.75) is 12.5 Å². The lowest BCUT2D eigenvalue weighted by Crippen LogP contribution is -2.35. The van der Waals surface area contributed by atoms with Crippen LogP contribution in [0, 0.1) is 5.92 Å². The molecular formula is C14H19Cl2N3O2S2. The van der Waals surface area contributed by atoms with Gasteiger partial charge >= 0.3 is 0 Å². The van der Waals surface area contributed by atoms with Gasteiger partial charge in [0.1, 0.15) is 5.01 Å². The van der Waals surface area contributed by atoms with Crippen molar-refractivity contribution in [2.24, 2.45) is 5.92 Å². The van der Waals surface area contributed by atoms with Gasteiger partial charge in [-0.2, -0.15) is 0 Å². The van der Waals surface area contributed by atoms with E-state index in [1.807, 2.05) is 22.9 Å². The molecule has 0 spiro atoms. The van der Waals surface area contributed by atoms with Gasteiger partial charge in [0.25, 0.3) is 0 Å². The topological polar surface area (TPSA) is 74.2 Å². The normalized spacial score (nSPS) is 19.7. The largest absolute Gasteiger partial charge is 0.391 e. The molecule has 1 amide bonds. The third-order valence-corrected chi connectivity index (χ3v) is 5.42. The molecule has 23 heavy (non-hydrogen) atoms. The fourth-order valence-corrected chi connectivity index (χ4v) is 3.93. The van der Waals surface area contributed by atoms with E-state index >= 15 is 0 Å². The fraction of sp³-hybridized carbons (Fsp3) is 0.429. The first kappa shape index (κ1) is 20.3. The van der Waals surface area contributed by atoms with E-state index < -0.39 is 0 Å². The summed E-state index contributed by atoms with van der Waals surface area (Å²) in [5.41, 5.74) is 0.797. The zero-order chi connectivity index (χ0) is 14.7. The van der Waals surface area contributed by atoms with E-state index in [1.165, 1.54) is 0 Å². The van der Waals surface area contributed by atoms with E-state index in [0.717, 1.165) is 22.1 Å². The van der Waals surface area contributed by atoms with Gasteiger partial charge in [-0.15, -0.1) is 47.5 Å². The number of aliphatic hydroxyl groups excluding tert-OH is 1. The molecule has 2 unspecified atom stereocenters. The summed E-state index contributed by atoms with van der Waals surface area (Å²) in [6, 6.07) is 4.02. The smallest absolute Gasteiger partial charge is 0.226 e. The highest BCUT2D eigenvalue weighted by atomic mass is 35.5. The molecule has 1 aliphatic heterocycles. The van der Waals surface area contributed by atoms with Crippen LogP contribution < -0.4 is 10.6 Å². The first-order valence-corrected chi connectivity index (χ1v) is 8.62. The molecule has 0 bridgehead atoms. The highest BCUT2D eigenvalue weighted by Crippen LogP contribution is 2.27. The molecule has 1 fully saturated rings. The minimum absolute atomic E-state index is 0. The third-order valence-electron chi connectivity index (χ3n) is 3.49. The van der Waals surface area contributed by atoms with E-state index in [-0.39, 0.29) is 49.2 Å². The van der Waals surface area contributed by atoms with E-state index in [0.29, 0.717) is 13.1 Å². The Hall–Kier alpha value is -0.700. The van der Waals surface area contributed by atoms with Crippen LogP contribution in [0.4, 0.5) is 0 Å². The van der Waals surface area contributed by atoms with Gasteiger partial charge in [0.15, 0.2) is 0 Å². The molecule has 2 atom stereocenters. The Labute approximate surface area is 155 Å². The predicted octanol–water partition coefficient (Wildman–Crippen LogP) is 1.95. The quantitative estimate of drug-likeness (QED) is 0.723. The Morgan fingerprint density at radius 1 is 1.39 bits per heavy atom. The number of aliphatic hydroxyl groups is 1. The maximum Gasteiger partial charge on any atom is 0.226 e. The second kappa shape index (κ2) is 9.56. The molecule has 128 valence electrons. The number of nitrogens with one attached hydrogen (secondary N) is 2. The molecule has 1 aliphatic rings. The van der Waals surface area contributed by atoms with Gasteiger partial charge in [-0.05, 0) is 11.4 Å². The molecule has 1 saturated heterocycles. The van der Waals surface area contributed by atoms with Crippen molar-refractivity contribution in [1.29, 1.82) is 0 Å². The zero-order valence-corrected chi connectivity index (χ0v) is 15.5. The molecule has 0 aromatic carbocycles. The monoisotopic (exact) mass is 395 g/mol. The van der Waals surface area contributed by atoms with Crippen LogP contribution in [0.1, 0.15) is 5.69 Å². The summed E-state index contributed by atoms with van der Waals surface area (Å²) in [4.78, 5) is 17.6. The maximum atomic E-state index is 11.9. The van der Waals surface area contributed by atoms with Gasteiger partial charge in [0, 0.05) is 30.9 Å². The summed E-state index contributed by atoms with van der Waals surface area (Å²) in [6.45, 7) is 1.87. The van der Waals surface area contributed by atoms with Crippen molar-refractivity contribution in [3.63, 3.8) is 0 Å². The van der Waals surface area contributed by atoms with Gasteiger partial charge in [0.05, 0.1) is 23.1 Å². The van der Waals surface area contributed by atoms with Crippen molar-refractivity contribution < 1.29 is 9.90 Å². The van der Waals surface area contributed by atoms with Crippen LogP contribution in [-0.4, -0.2) is 41.7 Å². The first-order valence-electron chi connectivity index (χ1n) is 6.86. The van der Waals surface area contributed by atoms with Crippen molar-refractivity contribution >= 4 is 53.4 Å². The van der Waals surface area contributed by atoms with Crippen molar-refractivity contribution in [3.8, 4) is 9.88 Å². The van der Waals surface area contributed by atoms with E-state index in [9.17, 15) is 9.90 Å². The van der Waals surface area contributed by atoms with Crippen LogP contribution in [-0.2, 0) is 11.2 Å². The van der Waals surface area contributed by atoms with Crippen LogP contribution in [0.25, 0.3) is 9.88 Å². The predicted molar refractivity (Wildman–Crippen MR) is 99.0 cm³/mol. The Morgan fingerprint density at radius 3 is 2.87 bits per heavy atom. The second-order valence-corrected chi connectivity index (χ2v) is 6.89. The number of hydrogen-bond acceptors (Lipinski definition) is 6. The molecular weight excluding hydrogens is 377 g/mol. The second-order valence-electron chi connectivity index (χ2n) is 5.09. The highest BCUT2D eigenvalue weighted by Gasteiger charge is 2.25. The molecule has 0 radical (unpaired) electrons. The molecule has 3 rings (SSSR count). The van der Waals surface area contributed by atoms with Gasteiger partial charge < -0.3 is 15.7 Å². The van der Waals surface area contributed by atoms with Crippen molar-refractivity contribution in [3.05, 3.63) is 28.6 Å². The summed E-state index contributed by atoms with van der Waals surface area (Å²) >= 11 is 3.21. The van der Waals surface area contributed by atoms with E-state index in [1.54, 1.807) is 22.7 Å². The maximum absolute atomic E-state index is 11.9. The minimum Gasteiger partial charge on any atom is -0.391 e. The Bertz CT molecular complexity index is 607. The summed E-state index contributed by atoms with van der Waals surface area (Å²) in [7, 11) is 0. The van der Waals surface area contributed by atoms with Crippen LogP contribution in [0.2, 0.25) is 0 Å². The van der Waals surface area contributed by atoms with Crippen molar-refractivity contribution in [1.82, 2.24) is 15.6 Å². The molecule has 9 heteroatoms. The average molecular weight is 396 g/mol. The summed E-state index contributed by atoms with van der Waals surface area (Å²) in [5, 5.41) is 20.6. The number of thiazole rings is 1. The van der Waals surface area contributed by atoms with Gasteiger partial charge in [-0.25, -0.2) is 4.98 Å². The number of carbonyl (C=O) groups is 1. The fourth-order valence-electron chi connectivity index (χ4n) is 2.30. The Kier molecular flexibility index (Phi) is 8.46. The summed E-state index contributed by atoms with van der Waals surface area (Å²) < 4.78 is 0. The molecule has 0 saturated carbocycles. The number of halogens is 2. The van der Waals surface area contributed by atoms with Gasteiger partial charge in [-0.3, -0.25) is 4.79 Å². The number of nitrogens with zero attached hydrogens (tertiary/aromatic N) is 1. The number of thiophene rings is 1. The summed E-state index contributed by atoms with van der Waals surface area (Å²) in [6.07, 6.45) is -0.0759.